The van der Waals surface area contributed by atoms with Crippen molar-refractivity contribution in [1.29, 1.82) is 0 Å². The first-order valence-corrected chi connectivity index (χ1v) is 9.76. The van der Waals surface area contributed by atoms with Gasteiger partial charge < -0.3 is 20.0 Å². The van der Waals surface area contributed by atoms with Crippen molar-refractivity contribution in [1.82, 2.24) is 0 Å². The van der Waals surface area contributed by atoms with Gasteiger partial charge in [-0.2, -0.15) is 0 Å². The molecule has 3 N–H and O–H groups in total. The van der Waals surface area contributed by atoms with E-state index in [1.54, 1.807) is 24.3 Å². The summed E-state index contributed by atoms with van der Waals surface area (Å²) >= 11 is 0. The third kappa shape index (κ3) is 3.51. The molecule has 0 spiro atoms. The van der Waals surface area contributed by atoms with Crippen LogP contribution in [0.5, 0.6) is 5.75 Å². The van der Waals surface area contributed by atoms with Gasteiger partial charge in [0.15, 0.2) is 11.5 Å². The van der Waals surface area contributed by atoms with Crippen LogP contribution >= 0.6 is 0 Å². The highest BCUT2D eigenvalue weighted by molar-refractivity contribution is 5.92. The van der Waals surface area contributed by atoms with Gasteiger partial charge in [-0.15, -0.1) is 0 Å². The largest absolute Gasteiger partial charge is 0.504 e. The van der Waals surface area contributed by atoms with Crippen molar-refractivity contribution in [2.75, 3.05) is 12.3 Å². The Balaban J connectivity index is 1.67. The van der Waals surface area contributed by atoms with Crippen LogP contribution in [0.1, 0.15) is 52.9 Å². The van der Waals surface area contributed by atoms with Crippen LogP contribution in [0, 0.1) is 0 Å². The summed E-state index contributed by atoms with van der Waals surface area (Å²) in [7, 11) is 0. The summed E-state index contributed by atoms with van der Waals surface area (Å²) < 4.78 is 11.1. The molecule has 0 radical (unpaired) electrons. The fourth-order valence-corrected chi connectivity index (χ4v) is 3.62. The second kappa shape index (κ2) is 7.87. The number of hydrogen-bond donors (Lipinski definition) is 2. The van der Waals surface area contributed by atoms with E-state index in [2.05, 4.69) is 0 Å². The Bertz CT molecular complexity index is 1080. The number of allylic oxidation sites excluding steroid dienone is 1. The van der Waals surface area contributed by atoms with Crippen molar-refractivity contribution in [2.24, 2.45) is 0 Å². The summed E-state index contributed by atoms with van der Waals surface area (Å²) in [6.45, 7) is 2.42. The zero-order valence-electron chi connectivity index (χ0n) is 16.2. The maximum Gasteiger partial charge on any atom is 0.338 e. The number of furan rings is 1. The quantitative estimate of drug-likeness (QED) is 0.438. The Hall–Kier alpha value is -3.47. The first kappa shape index (κ1) is 18.9. The SMILES string of the molecule is CCCCOC(=O)c1cccc(-c2c(N)oc(C3C=Cc4ccccc43)c2O)c1. The molecule has 29 heavy (non-hydrogen) atoms. The van der Waals surface area contributed by atoms with Crippen molar-refractivity contribution < 1.29 is 19.1 Å². The lowest BCUT2D eigenvalue weighted by Crippen LogP contribution is -2.06. The van der Waals surface area contributed by atoms with E-state index in [9.17, 15) is 9.90 Å². The number of carbonyl (C=O) groups is 1. The summed E-state index contributed by atoms with van der Waals surface area (Å²) in [5.74, 6) is -0.0917. The summed E-state index contributed by atoms with van der Waals surface area (Å²) in [5.41, 5.74) is 9.66. The van der Waals surface area contributed by atoms with Gasteiger partial charge in [0, 0.05) is 0 Å². The molecule has 1 heterocycles. The topological polar surface area (TPSA) is 85.7 Å². The fourth-order valence-electron chi connectivity index (χ4n) is 3.62. The van der Waals surface area contributed by atoms with Crippen LogP contribution in [-0.2, 0) is 4.74 Å². The molecule has 0 aliphatic heterocycles. The predicted molar refractivity (Wildman–Crippen MR) is 113 cm³/mol. The molecule has 1 aliphatic rings. The van der Waals surface area contributed by atoms with E-state index in [0.29, 0.717) is 29.1 Å². The van der Waals surface area contributed by atoms with E-state index in [4.69, 9.17) is 14.9 Å². The van der Waals surface area contributed by atoms with E-state index >= 15 is 0 Å². The maximum absolute atomic E-state index is 12.3. The zero-order chi connectivity index (χ0) is 20.4. The first-order chi connectivity index (χ1) is 14.1. The van der Waals surface area contributed by atoms with Crippen LogP contribution in [0.15, 0.2) is 59.0 Å². The van der Waals surface area contributed by atoms with Gasteiger partial charge in [-0.1, -0.05) is 61.9 Å². The number of esters is 1. The highest BCUT2D eigenvalue weighted by atomic mass is 16.5. The molecule has 0 saturated carbocycles. The molecule has 5 heteroatoms. The second-order valence-corrected chi connectivity index (χ2v) is 7.09. The summed E-state index contributed by atoms with van der Waals surface area (Å²) in [6, 6.07) is 14.8. The van der Waals surface area contributed by atoms with Gasteiger partial charge in [-0.3, -0.25) is 0 Å². The minimum absolute atomic E-state index is 0.00893. The lowest BCUT2D eigenvalue weighted by Gasteiger charge is -2.09. The van der Waals surface area contributed by atoms with Crippen molar-refractivity contribution in [3.8, 4) is 16.9 Å². The van der Waals surface area contributed by atoms with E-state index in [-0.39, 0.29) is 17.6 Å². The second-order valence-electron chi connectivity index (χ2n) is 7.09. The average molecular weight is 389 g/mol. The minimum atomic E-state index is -0.394. The van der Waals surface area contributed by atoms with E-state index in [1.165, 1.54) is 0 Å². The summed E-state index contributed by atoms with van der Waals surface area (Å²) in [5, 5.41) is 10.9. The Labute approximate surface area is 169 Å². The molecule has 1 unspecified atom stereocenters. The summed E-state index contributed by atoms with van der Waals surface area (Å²) in [6.07, 6.45) is 5.76. The van der Waals surface area contributed by atoms with Crippen LogP contribution in [0.2, 0.25) is 0 Å². The molecule has 1 atom stereocenters. The molecule has 148 valence electrons. The molecule has 3 aromatic rings. The predicted octanol–water partition coefficient (Wildman–Crippen LogP) is 5.35. The first-order valence-electron chi connectivity index (χ1n) is 9.76. The number of carbonyl (C=O) groups excluding carboxylic acids is 1. The van der Waals surface area contributed by atoms with Gasteiger partial charge in [0.25, 0.3) is 0 Å². The Morgan fingerprint density at radius 1 is 1.21 bits per heavy atom. The number of ether oxygens (including phenoxy) is 1. The Morgan fingerprint density at radius 3 is 2.86 bits per heavy atom. The Morgan fingerprint density at radius 2 is 2.03 bits per heavy atom. The van der Waals surface area contributed by atoms with Crippen LogP contribution in [-0.4, -0.2) is 17.7 Å². The number of unbranched alkanes of at least 4 members (excludes halogenated alkanes) is 1. The van der Waals surface area contributed by atoms with Gasteiger partial charge in [0.1, 0.15) is 0 Å². The average Bonchev–Trinajstić information content (AvgIpc) is 3.28. The third-order valence-corrected chi connectivity index (χ3v) is 5.14. The number of fused-ring (bicyclic) bond motifs is 1. The van der Waals surface area contributed by atoms with Crippen molar-refractivity contribution in [2.45, 2.75) is 25.7 Å². The van der Waals surface area contributed by atoms with Gasteiger partial charge in [-0.25, -0.2) is 4.79 Å². The molecule has 5 nitrogen and oxygen atoms in total. The van der Waals surface area contributed by atoms with E-state index in [0.717, 1.165) is 24.0 Å². The number of hydrogen-bond acceptors (Lipinski definition) is 5. The van der Waals surface area contributed by atoms with Crippen LogP contribution in [0.4, 0.5) is 5.88 Å². The maximum atomic E-state index is 12.3. The van der Waals surface area contributed by atoms with Crippen LogP contribution < -0.4 is 5.73 Å². The van der Waals surface area contributed by atoms with Crippen molar-refractivity contribution in [3.63, 3.8) is 0 Å². The number of nitrogens with two attached hydrogens (primary N) is 1. The van der Waals surface area contributed by atoms with Crippen LogP contribution in [0.25, 0.3) is 17.2 Å². The smallest absolute Gasteiger partial charge is 0.338 e. The van der Waals surface area contributed by atoms with Gasteiger partial charge >= 0.3 is 5.97 Å². The summed E-state index contributed by atoms with van der Waals surface area (Å²) in [4.78, 5) is 12.3. The standard InChI is InChI=1S/C24H23NO4/c1-2-3-13-28-24(27)17-9-6-8-16(14-17)20-21(26)22(29-23(20)25)19-12-11-15-7-4-5-10-18(15)19/h4-12,14,19,26H,2-3,13,25H2,1H3. The number of benzene rings is 2. The third-order valence-electron chi connectivity index (χ3n) is 5.14. The monoisotopic (exact) mass is 389 g/mol. The fraction of sp³-hybridized carbons (Fsp3) is 0.208. The molecule has 0 amide bonds. The number of nitrogen functional groups attached to an aromatic ring is 1. The highest BCUT2D eigenvalue weighted by Gasteiger charge is 2.29. The Kier molecular flexibility index (Phi) is 5.12. The lowest BCUT2D eigenvalue weighted by molar-refractivity contribution is 0.0500. The molecule has 1 aliphatic carbocycles. The molecule has 0 fully saturated rings. The van der Waals surface area contributed by atoms with Gasteiger partial charge in [-0.05, 0) is 35.2 Å². The number of aromatic hydroxyl groups is 1. The number of anilines is 1. The molecular formula is C24H23NO4. The molecule has 0 bridgehead atoms. The van der Waals surface area contributed by atoms with Crippen molar-refractivity contribution >= 4 is 17.9 Å². The lowest BCUT2D eigenvalue weighted by atomic mass is 9.96. The molecule has 2 aromatic carbocycles. The molecular weight excluding hydrogens is 366 g/mol. The molecule has 1 aromatic heterocycles. The van der Waals surface area contributed by atoms with Crippen LogP contribution in [0.3, 0.4) is 0 Å². The van der Waals surface area contributed by atoms with E-state index in [1.807, 2.05) is 43.3 Å². The molecule has 4 rings (SSSR count). The van der Waals surface area contributed by atoms with Gasteiger partial charge in [0.05, 0.1) is 23.7 Å². The number of rotatable bonds is 6. The van der Waals surface area contributed by atoms with E-state index < -0.39 is 5.97 Å². The molecule has 0 saturated heterocycles. The van der Waals surface area contributed by atoms with Crippen molar-refractivity contribution in [3.05, 3.63) is 77.1 Å². The zero-order valence-corrected chi connectivity index (χ0v) is 16.2. The minimum Gasteiger partial charge on any atom is -0.504 e. The highest BCUT2D eigenvalue weighted by Crippen LogP contribution is 2.47. The van der Waals surface area contributed by atoms with Gasteiger partial charge in [0.2, 0.25) is 5.88 Å². The normalized spacial score (nSPS) is 14.7.